The molecule has 0 aromatic carbocycles. The van der Waals surface area contributed by atoms with E-state index in [4.69, 9.17) is 24.3 Å². The molecule has 0 radical (unpaired) electrons. The summed E-state index contributed by atoms with van der Waals surface area (Å²) in [7, 11) is -4.38. The molecule has 0 bridgehead atoms. The Hall–Kier alpha value is -1.25. The van der Waals surface area contributed by atoms with E-state index in [0.717, 1.165) is 25.7 Å². The topological polar surface area (TPSA) is 134 Å². The van der Waals surface area contributed by atoms with Crippen molar-refractivity contribution in [1.29, 1.82) is 0 Å². The molecule has 2 atom stereocenters. The largest absolute Gasteiger partial charge is 0.472 e. The van der Waals surface area contributed by atoms with Crippen molar-refractivity contribution in [2.75, 3.05) is 26.4 Å². The highest BCUT2D eigenvalue weighted by Crippen LogP contribution is 2.43. The molecule has 0 aliphatic rings. The van der Waals surface area contributed by atoms with Crippen LogP contribution in [0.15, 0.2) is 12.2 Å². The minimum atomic E-state index is -4.38. The molecular formula is C45H88NO8P. The second kappa shape index (κ2) is 42.4. The quantitative estimate of drug-likeness (QED) is 0.0267. The summed E-state index contributed by atoms with van der Waals surface area (Å²) >= 11 is 0. The number of esters is 2. The number of phosphoric ester groups is 1. The van der Waals surface area contributed by atoms with Gasteiger partial charge in [-0.25, -0.2) is 4.57 Å². The molecule has 0 aromatic heterocycles. The van der Waals surface area contributed by atoms with Crippen LogP contribution in [0.1, 0.15) is 232 Å². The van der Waals surface area contributed by atoms with Gasteiger partial charge >= 0.3 is 19.8 Å². The average molecular weight is 802 g/mol. The fourth-order valence-corrected chi connectivity index (χ4v) is 7.48. The van der Waals surface area contributed by atoms with Gasteiger partial charge in [0, 0.05) is 19.4 Å². The Morgan fingerprint density at radius 1 is 0.527 bits per heavy atom. The van der Waals surface area contributed by atoms with Gasteiger partial charge in [-0.05, 0) is 25.7 Å². The maximum atomic E-state index is 12.6. The SMILES string of the molecule is CCCCCCCCCCCCC/C=C/CCC(=O)OC[C@H](COP(=O)(O)OCCN)OC(=O)CCCCCCCCCCCCCCCCCCCCC. The summed E-state index contributed by atoms with van der Waals surface area (Å²) < 4.78 is 32.8. The number of phosphoric acid groups is 1. The van der Waals surface area contributed by atoms with Gasteiger partial charge in [-0.15, -0.1) is 0 Å². The van der Waals surface area contributed by atoms with Crippen molar-refractivity contribution in [2.45, 2.75) is 238 Å². The summed E-state index contributed by atoms with van der Waals surface area (Å²) in [4.78, 5) is 34.9. The van der Waals surface area contributed by atoms with Crippen molar-refractivity contribution in [3.63, 3.8) is 0 Å². The van der Waals surface area contributed by atoms with Crippen molar-refractivity contribution < 1.29 is 37.6 Å². The number of carbonyl (C=O) groups excluding carboxylic acids is 2. The molecule has 326 valence electrons. The molecule has 0 heterocycles. The van der Waals surface area contributed by atoms with Gasteiger partial charge in [0.2, 0.25) is 0 Å². The Kier molecular flexibility index (Phi) is 41.4. The minimum Gasteiger partial charge on any atom is -0.462 e. The predicted molar refractivity (Wildman–Crippen MR) is 229 cm³/mol. The first-order valence-corrected chi connectivity index (χ1v) is 24.7. The summed E-state index contributed by atoms with van der Waals surface area (Å²) in [6.45, 7) is 3.73. The zero-order valence-electron chi connectivity index (χ0n) is 35.9. The molecule has 0 rings (SSSR count). The lowest BCUT2D eigenvalue weighted by atomic mass is 10.0. The Morgan fingerprint density at radius 3 is 1.36 bits per heavy atom. The molecule has 0 saturated heterocycles. The van der Waals surface area contributed by atoms with Crippen molar-refractivity contribution in [1.82, 2.24) is 0 Å². The van der Waals surface area contributed by atoms with Gasteiger partial charge in [0.05, 0.1) is 13.2 Å². The second-order valence-electron chi connectivity index (χ2n) is 15.6. The van der Waals surface area contributed by atoms with Crippen LogP contribution in [0.4, 0.5) is 0 Å². The van der Waals surface area contributed by atoms with E-state index in [1.54, 1.807) is 0 Å². The zero-order chi connectivity index (χ0) is 40.3. The second-order valence-corrected chi connectivity index (χ2v) is 17.1. The highest BCUT2D eigenvalue weighted by atomic mass is 31.2. The third-order valence-electron chi connectivity index (χ3n) is 10.2. The number of hydrogen-bond acceptors (Lipinski definition) is 8. The fraction of sp³-hybridized carbons (Fsp3) is 0.911. The van der Waals surface area contributed by atoms with E-state index in [0.29, 0.717) is 12.8 Å². The molecule has 0 spiro atoms. The van der Waals surface area contributed by atoms with Crippen LogP contribution < -0.4 is 5.73 Å². The fourth-order valence-electron chi connectivity index (χ4n) is 6.71. The monoisotopic (exact) mass is 802 g/mol. The number of allylic oxidation sites excluding steroid dienone is 2. The third-order valence-corrected chi connectivity index (χ3v) is 11.1. The average Bonchev–Trinajstić information content (AvgIpc) is 3.17. The van der Waals surface area contributed by atoms with Crippen LogP contribution in [-0.2, 0) is 32.7 Å². The van der Waals surface area contributed by atoms with Gasteiger partial charge < -0.3 is 20.1 Å². The van der Waals surface area contributed by atoms with Gasteiger partial charge in [0.15, 0.2) is 6.10 Å². The lowest BCUT2D eigenvalue weighted by molar-refractivity contribution is -0.161. The van der Waals surface area contributed by atoms with Crippen LogP contribution in [0.3, 0.4) is 0 Å². The number of unbranched alkanes of at least 4 members (excludes halogenated alkanes) is 29. The van der Waals surface area contributed by atoms with Gasteiger partial charge in [-0.2, -0.15) is 0 Å². The van der Waals surface area contributed by atoms with Crippen LogP contribution in [0.25, 0.3) is 0 Å². The number of carbonyl (C=O) groups is 2. The summed E-state index contributed by atoms with van der Waals surface area (Å²) in [5.74, 6) is -0.872. The maximum Gasteiger partial charge on any atom is 0.472 e. The minimum absolute atomic E-state index is 0.0527. The first kappa shape index (κ1) is 53.8. The van der Waals surface area contributed by atoms with E-state index in [-0.39, 0.29) is 32.6 Å². The van der Waals surface area contributed by atoms with Crippen LogP contribution in [-0.4, -0.2) is 49.3 Å². The first-order chi connectivity index (χ1) is 26.8. The first-order valence-electron chi connectivity index (χ1n) is 23.2. The molecule has 0 aromatic rings. The van der Waals surface area contributed by atoms with Gasteiger partial charge in [0.25, 0.3) is 0 Å². The Balaban J connectivity index is 4.10. The van der Waals surface area contributed by atoms with Crippen molar-refractivity contribution >= 4 is 19.8 Å². The van der Waals surface area contributed by atoms with E-state index in [1.165, 1.54) is 167 Å². The molecule has 0 fully saturated rings. The number of hydrogen-bond donors (Lipinski definition) is 2. The molecule has 0 saturated carbocycles. The van der Waals surface area contributed by atoms with E-state index in [9.17, 15) is 19.0 Å². The molecule has 3 N–H and O–H groups in total. The summed E-state index contributed by atoms with van der Waals surface area (Å²) in [5, 5.41) is 0. The van der Waals surface area contributed by atoms with Crippen LogP contribution in [0.2, 0.25) is 0 Å². The lowest BCUT2D eigenvalue weighted by Crippen LogP contribution is -2.29. The molecule has 55 heavy (non-hydrogen) atoms. The summed E-state index contributed by atoms with van der Waals surface area (Å²) in [5.41, 5.74) is 5.35. The molecule has 0 amide bonds. The Morgan fingerprint density at radius 2 is 0.927 bits per heavy atom. The van der Waals surface area contributed by atoms with Gasteiger partial charge in [-0.3, -0.25) is 18.6 Å². The van der Waals surface area contributed by atoms with E-state index < -0.39 is 32.5 Å². The number of nitrogens with two attached hydrogens (primary N) is 1. The smallest absolute Gasteiger partial charge is 0.462 e. The van der Waals surface area contributed by atoms with E-state index >= 15 is 0 Å². The summed E-state index contributed by atoms with van der Waals surface area (Å²) in [6, 6.07) is 0. The number of ether oxygens (including phenoxy) is 2. The molecule has 10 heteroatoms. The molecule has 1 unspecified atom stereocenters. The summed E-state index contributed by atoms with van der Waals surface area (Å²) in [6.07, 6.45) is 44.0. The van der Waals surface area contributed by atoms with Gasteiger partial charge in [0.1, 0.15) is 6.61 Å². The van der Waals surface area contributed by atoms with E-state index in [2.05, 4.69) is 19.9 Å². The Labute approximate surface area is 339 Å². The van der Waals surface area contributed by atoms with Crippen LogP contribution in [0, 0.1) is 0 Å². The molecule has 9 nitrogen and oxygen atoms in total. The number of rotatable bonds is 44. The maximum absolute atomic E-state index is 12.6. The van der Waals surface area contributed by atoms with Crippen molar-refractivity contribution in [2.24, 2.45) is 5.73 Å². The lowest BCUT2D eigenvalue weighted by Gasteiger charge is -2.19. The standard InChI is InChI=1S/C45H88NO8P/c1-3-5-7-9-11-13-15-17-19-20-21-22-24-26-28-30-32-34-36-38-45(48)54-43(42-53-55(49,50)52-40-39-46)41-51-44(47)37-35-33-31-29-27-25-23-18-16-14-12-10-8-6-4-2/h31,33,43H,3-30,32,34-42,46H2,1-2H3,(H,49,50)/b33-31+/t43-/m1/s1. The van der Waals surface area contributed by atoms with Crippen molar-refractivity contribution in [3.05, 3.63) is 12.2 Å². The molecular weight excluding hydrogens is 713 g/mol. The van der Waals surface area contributed by atoms with Crippen LogP contribution >= 0.6 is 7.82 Å². The predicted octanol–water partition coefficient (Wildman–Crippen LogP) is 13.4. The van der Waals surface area contributed by atoms with Crippen molar-refractivity contribution in [3.8, 4) is 0 Å². The molecule has 0 aliphatic heterocycles. The molecule has 0 aliphatic carbocycles. The van der Waals surface area contributed by atoms with Crippen LogP contribution in [0.5, 0.6) is 0 Å². The van der Waals surface area contributed by atoms with Gasteiger partial charge in [-0.1, -0.05) is 206 Å². The normalized spacial score (nSPS) is 13.3. The third kappa shape index (κ3) is 42.2. The highest BCUT2D eigenvalue weighted by molar-refractivity contribution is 7.47. The zero-order valence-corrected chi connectivity index (χ0v) is 36.8. The highest BCUT2D eigenvalue weighted by Gasteiger charge is 2.26. The Bertz CT molecular complexity index is 917. The van der Waals surface area contributed by atoms with E-state index in [1.807, 2.05) is 6.08 Å².